The molecule has 0 amide bonds. The fourth-order valence-electron chi connectivity index (χ4n) is 0.328. The first kappa shape index (κ1) is 23.9. The van der Waals surface area contributed by atoms with Crippen LogP contribution in [0.4, 0.5) is 0 Å². The molecule has 0 aliphatic rings. The van der Waals surface area contributed by atoms with Crippen LogP contribution in [0.1, 0.15) is 26.2 Å². The Labute approximate surface area is 190 Å². The summed E-state index contributed by atoms with van der Waals surface area (Å²) in [5.74, 6) is -0.693. The van der Waals surface area contributed by atoms with Crippen LogP contribution in [0.25, 0.3) is 0 Å². The van der Waals surface area contributed by atoms with Crippen LogP contribution in [0.2, 0.25) is 0 Å². The molecule has 0 atom stereocenters. The monoisotopic (exact) mass is 219 g/mol. The van der Waals surface area contributed by atoms with Gasteiger partial charge in [-0.3, -0.25) is 4.79 Å². The second-order valence-electron chi connectivity index (χ2n) is 1.50. The summed E-state index contributed by atoms with van der Waals surface area (Å²) in [6, 6.07) is 0. The van der Waals surface area contributed by atoms with Gasteiger partial charge >= 0.3 is 5.97 Å². The molecule has 3 radical (unpaired) electrons. The molecular weight excluding hydrogens is 209 g/mol. The van der Waals surface area contributed by atoms with Gasteiger partial charge in [-0.1, -0.05) is 13.3 Å². The van der Waals surface area contributed by atoms with Gasteiger partial charge in [0.15, 0.2) is 0 Å². The molecular formula is C5H10K3O2. The molecule has 0 fully saturated rings. The normalized spacial score (nSPS) is 6.10. The van der Waals surface area contributed by atoms with Gasteiger partial charge in [0.25, 0.3) is 0 Å². The molecule has 0 aliphatic heterocycles. The van der Waals surface area contributed by atoms with E-state index in [-0.39, 0.29) is 154 Å². The number of aliphatic carboxylic acids is 1. The molecule has 10 heavy (non-hydrogen) atoms. The predicted molar refractivity (Wildman–Crippen MR) is 44.4 cm³/mol. The molecule has 45 valence electrons. The SMILES string of the molecule is CCCCC(=O)O.[K].[K].[K]. The Morgan fingerprint density at radius 2 is 1.70 bits per heavy atom. The van der Waals surface area contributed by atoms with Crippen molar-refractivity contribution in [3.8, 4) is 0 Å². The summed E-state index contributed by atoms with van der Waals surface area (Å²) in [7, 11) is 0. The van der Waals surface area contributed by atoms with Crippen molar-refractivity contribution in [1.29, 1.82) is 0 Å². The van der Waals surface area contributed by atoms with Crippen LogP contribution in [0.15, 0.2) is 0 Å². The van der Waals surface area contributed by atoms with E-state index >= 15 is 0 Å². The van der Waals surface area contributed by atoms with Crippen LogP contribution < -0.4 is 0 Å². The molecule has 0 aliphatic carbocycles. The zero-order valence-electron chi connectivity index (χ0n) is 7.48. The minimum atomic E-state index is -0.693. The van der Waals surface area contributed by atoms with Gasteiger partial charge in [0.05, 0.1) is 0 Å². The zero-order chi connectivity index (χ0) is 5.70. The Bertz CT molecular complexity index is 67.9. The first-order valence-corrected chi connectivity index (χ1v) is 2.49. The number of unbranched alkanes of at least 4 members (excludes halogenated alkanes) is 1. The standard InChI is InChI=1S/C5H10O2.3K/c1-2-3-4-5(6)7;;;/h2-4H2,1H3,(H,6,7);;;. The Hall–Kier alpha value is 4.38. The van der Waals surface area contributed by atoms with E-state index in [0.29, 0.717) is 6.42 Å². The maximum absolute atomic E-state index is 9.76. The van der Waals surface area contributed by atoms with E-state index in [4.69, 9.17) is 5.11 Å². The van der Waals surface area contributed by atoms with E-state index in [1.54, 1.807) is 0 Å². The van der Waals surface area contributed by atoms with Crippen LogP contribution in [0.3, 0.4) is 0 Å². The zero-order valence-corrected chi connectivity index (χ0v) is 16.8. The molecule has 0 saturated carbocycles. The van der Waals surface area contributed by atoms with Crippen molar-refractivity contribution in [2.75, 3.05) is 0 Å². The minimum Gasteiger partial charge on any atom is -0.481 e. The first-order valence-electron chi connectivity index (χ1n) is 2.49. The molecule has 0 rings (SSSR count). The Balaban J connectivity index is -0.0000000600. The Morgan fingerprint density at radius 3 is 1.80 bits per heavy atom. The molecule has 0 saturated heterocycles. The van der Waals surface area contributed by atoms with E-state index in [0.717, 1.165) is 12.8 Å². The third-order valence-electron chi connectivity index (χ3n) is 0.744. The topological polar surface area (TPSA) is 37.3 Å². The van der Waals surface area contributed by atoms with Gasteiger partial charge in [-0.05, 0) is 6.42 Å². The summed E-state index contributed by atoms with van der Waals surface area (Å²) in [6.45, 7) is 1.98. The molecule has 0 aromatic rings. The van der Waals surface area contributed by atoms with Crippen molar-refractivity contribution in [2.24, 2.45) is 0 Å². The van der Waals surface area contributed by atoms with Crippen LogP contribution in [0.5, 0.6) is 0 Å². The van der Waals surface area contributed by atoms with Gasteiger partial charge in [-0.25, -0.2) is 0 Å². The number of carboxylic acids is 1. The molecule has 2 nitrogen and oxygen atoms in total. The third kappa shape index (κ3) is 22.8. The van der Waals surface area contributed by atoms with Crippen LogP contribution in [-0.2, 0) is 4.79 Å². The average Bonchev–Trinajstić information content (AvgIpc) is 1.61. The molecule has 0 heterocycles. The van der Waals surface area contributed by atoms with Crippen molar-refractivity contribution in [3.05, 3.63) is 0 Å². The summed E-state index contributed by atoms with van der Waals surface area (Å²) in [4.78, 5) is 9.76. The van der Waals surface area contributed by atoms with E-state index < -0.39 is 5.97 Å². The van der Waals surface area contributed by atoms with Crippen LogP contribution in [-0.4, -0.2) is 165 Å². The number of hydrogen-bond donors (Lipinski definition) is 1. The van der Waals surface area contributed by atoms with E-state index in [1.807, 2.05) is 6.92 Å². The fourth-order valence-corrected chi connectivity index (χ4v) is 0.328. The molecule has 1 N–H and O–H groups in total. The first-order chi connectivity index (χ1) is 3.27. The third-order valence-corrected chi connectivity index (χ3v) is 0.744. The van der Waals surface area contributed by atoms with Crippen molar-refractivity contribution >= 4 is 160 Å². The summed E-state index contributed by atoms with van der Waals surface area (Å²) in [5, 5.41) is 8.04. The number of hydrogen-bond acceptors (Lipinski definition) is 1. The Kier molecular flexibility index (Phi) is 45.5. The number of rotatable bonds is 3. The summed E-state index contributed by atoms with van der Waals surface area (Å²) >= 11 is 0. The van der Waals surface area contributed by atoms with Gasteiger partial charge in [0.1, 0.15) is 0 Å². The summed E-state index contributed by atoms with van der Waals surface area (Å²) in [6.07, 6.45) is 2.08. The Morgan fingerprint density at radius 1 is 1.30 bits per heavy atom. The van der Waals surface area contributed by atoms with E-state index in [2.05, 4.69) is 0 Å². The van der Waals surface area contributed by atoms with Gasteiger partial charge in [-0.15, -0.1) is 0 Å². The molecule has 0 unspecified atom stereocenters. The fraction of sp³-hybridized carbons (Fsp3) is 0.800. The second-order valence-corrected chi connectivity index (χ2v) is 1.50. The minimum absolute atomic E-state index is 0. The van der Waals surface area contributed by atoms with Gasteiger partial charge in [0, 0.05) is 161 Å². The average molecular weight is 219 g/mol. The molecule has 0 aromatic heterocycles. The van der Waals surface area contributed by atoms with E-state index in [1.165, 1.54) is 0 Å². The maximum atomic E-state index is 9.76. The molecule has 0 spiro atoms. The van der Waals surface area contributed by atoms with Crippen molar-refractivity contribution in [2.45, 2.75) is 26.2 Å². The van der Waals surface area contributed by atoms with E-state index in [9.17, 15) is 4.79 Å². The van der Waals surface area contributed by atoms with Crippen LogP contribution >= 0.6 is 0 Å². The summed E-state index contributed by atoms with van der Waals surface area (Å²) < 4.78 is 0. The van der Waals surface area contributed by atoms with Crippen molar-refractivity contribution in [1.82, 2.24) is 0 Å². The van der Waals surface area contributed by atoms with Crippen molar-refractivity contribution < 1.29 is 9.90 Å². The largest absolute Gasteiger partial charge is 0.481 e. The maximum Gasteiger partial charge on any atom is 0.303 e. The molecule has 0 aromatic carbocycles. The van der Waals surface area contributed by atoms with Gasteiger partial charge in [-0.2, -0.15) is 0 Å². The predicted octanol–water partition coefficient (Wildman–Crippen LogP) is 0.119. The molecule has 0 bridgehead atoms. The second kappa shape index (κ2) is 19.0. The number of carbonyl (C=O) groups is 1. The van der Waals surface area contributed by atoms with Gasteiger partial charge < -0.3 is 5.11 Å². The molecule has 5 heteroatoms. The van der Waals surface area contributed by atoms with Gasteiger partial charge in [0.2, 0.25) is 0 Å². The van der Waals surface area contributed by atoms with Crippen molar-refractivity contribution in [3.63, 3.8) is 0 Å². The van der Waals surface area contributed by atoms with Crippen LogP contribution in [0, 0.1) is 0 Å². The smallest absolute Gasteiger partial charge is 0.303 e. The summed E-state index contributed by atoms with van der Waals surface area (Å²) in [5.41, 5.74) is 0. The quantitative estimate of drug-likeness (QED) is 0.685. The number of carboxylic acid groups (broad SMARTS) is 1.